The smallest absolute Gasteiger partial charge is 0.295 e. The lowest BCUT2D eigenvalue weighted by Gasteiger charge is -2.25. The van der Waals surface area contributed by atoms with Crippen molar-refractivity contribution in [2.24, 2.45) is 0 Å². The number of pyridine rings is 2. The van der Waals surface area contributed by atoms with Crippen molar-refractivity contribution in [1.29, 1.82) is 0 Å². The number of likely N-dealkylation sites (tertiary alicyclic amines) is 1. The summed E-state index contributed by atoms with van der Waals surface area (Å²) in [6, 6.07) is 11.3. The Morgan fingerprint density at radius 1 is 0.931 bits per heavy atom. The third-order valence-corrected chi connectivity index (χ3v) is 4.78. The predicted molar refractivity (Wildman–Crippen MR) is 103 cm³/mol. The van der Waals surface area contributed by atoms with Crippen LogP contribution in [0.2, 0.25) is 0 Å². The van der Waals surface area contributed by atoms with Gasteiger partial charge in [-0.3, -0.25) is 19.6 Å². The van der Waals surface area contributed by atoms with Crippen LogP contribution in [-0.4, -0.2) is 31.7 Å². The van der Waals surface area contributed by atoms with Crippen LogP contribution in [0.25, 0.3) is 5.76 Å². The van der Waals surface area contributed by atoms with Crippen LogP contribution in [0.3, 0.4) is 0 Å². The first-order valence-corrected chi connectivity index (χ1v) is 8.89. The number of aliphatic hydroxyl groups is 1. The van der Waals surface area contributed by atoms with Crippen LogP contribution in [-0.2, 0) is 16.1 Å². The molecular formula is C22H16FN3O3. The van der Waals surface area contributed by atoms with E-state index in [9.17, 15) is 19.1 Å². The van der Waals surface area contributed by atoms with Crippen LogP contribution in [0.4, 0.5) is 4.39 Å². The van der Waals surface area contributed by atoms with E-state index in [4.69, 9.17) is 0 Å². The number of carbonyl (C=O) groups excluding carboxylic acids is 2. The molecule has 0 spiro atoms. The number of carbonyl (C=O) groups is 2. The molecule has 3 heterocycles. The monoisotopic (exact) mass is 389 g/mol. The van der Waals surface area contributed by atoms with Gasteiger partial charge in [-0.15, -0.1) is 0 Å². The zero-order valence-corrected chi connectivity index (χ0v) is 15.2. The Morgan fingerprint density at radius 2 is 1.52 bits per heavy atom. The number of aliphatic hydroxyl groups excluding tert-OH is 1. The molecule has 6 nitrogen and oxygen atoms in total. The molecule has 7 heteroatoms. The van der Waals surface area contributed by atoms with Crippen LogP contribution < -0.4 is 0 Å². The number of hydrogen-bond acceptors (Lipinski definition) is 5. The van der Waals surface area contributed by atoms with Crippen LogP contribution in [0, 0.1) is 5.82 Å². The van der Waals surface area contributed by atoms with E-state index in [1.807, 2.05) is 0 Å². The SMILES string of the molecule is O=C1C(=O)N(Cc2ccncc2)C(c2ccc(F)cc2)/C1=C(\O)c1ccncc1. The Bertz CT molecular complexity index is 1080. The minimum atomic E-state index is -0.850. The minimum Gasteiger partial charge on any atom is -0.507 e. The molecule has 29 heavy (non-hydrogen) atoms. The van der Waals surface area contributed by atoms with Gasteiger partial charge in [-0.25, -0.2) is 4.39 Å². The quantitative estimate of drug-likeness (QED) is 0.421. The van der Waals surface area contributed by atoms with E-state index in [-0.39, 0.29) is 17.9 Å². The highest BCUT2D eigenvalue weighted by Gasteiger charge is 2.46. The molecule has 1 amide bonds. The highest BCUT2D eigenvalue weighted by atomic mass is 19.1. The van der Waals surface area contributed by atoms with Crippen LogP contribution >= 0.6 is 0 Å². The molecule has 0 saturated carbocycles. The Morgan fingerprint density at radius 3 is 2.14 bits per heavy atom. The van der Waals surface area contributed by atoms with Crippen molar-refractivity contribution in [3.8, 4) is 0 Å². The first-order valence-electron chi connectivity index (χ1n) is 8.89. The second kappa shape index (κ2) is 7.63. The standard InChI is InChI=1S/C22H16FN3O3/c23-17-3-1-15(2-4-17)19-18(20(27)16-7-11-25-12-8-16)21(28)22(29)26(19)13-14-5-9-24-10-6-14/h1-12,19,27H,13H2/b20-18+. The number of hydrogen-bond donors (Lipinski definition) is 1. The van der Waals surface area contributed by atoms with Gasteiger partial charge in [-0.05, 0) is 47.5 Å². The number of amides is 1. The molecule has 0 radical (unpaired) electrons. The highest BCUT2D eigenvalue weighted by molar-refractivity contribution is 6.46. The average molecular weight is 389 g/mol. The van der Waals surface area contributed by atoms with E-state index >= 15 is 0 Å². The van der Waals surface area contributed by atoms with Crippen LogP contribution in [0.5, 0.6) is 0 Å². The normalized spacial score (nSPS) is 18.2. The molecule has 0 aliphatic carbocycles. The zero-order chi connectivity index (χ0) is 20.4. The van der Waals surface area contributed by atoms with Crippen molar-refractivity contribution in [1.82, 2.24) is 14.9 Å². The van der Waals surface area contributed by atoms with E-state index < -0.39 is 23.5 Å². The van der Waals surface area contributed by atoms with Crippen molar-refractivity contribution in [2.75, 3.05) is 0 Å². The number of halogens is 1. The van der Waals surface area contributed by atoms with Crippen molar-refractivity contribution >= 4 is 17.4 Å². The summed E-state index contributed by atoms with van der Waals surface area (Å²) in [5, 5.41) is 10.8. The molecule has 144 valence electrons. The maximum absolute atomic E-state index is 13.5. The summed E-state index contributed by atoms with van der Waals surface area (Å²) in [5.74, 6) is -2.25. The van der Waals surface area contributed by atoms with Gasteiger partial charge in [0, 0.05) is 36.9 Å². The van der Waals surface area contributed by atoms with E-state index in [2.05, 4.69) is 9.97 Å². The van der Waals surface area contributed by atoms with Gasteiger partial charge in [0.05, 0.1) is 11.6 Å². The van der Waals surface area contributed by atoms with Gasteiger partial charge >= 0.3 is 0 Å². The third-order valence-electron chi connectivity index (χ3n) is 4.78. The summed E-state index contributed by atoms with van der Waals surface area (Å²) < 4.78 is 13.5. The lowest BCUT2D eigenvalue weighted by atomic mass is 9.95. The lowest BCUT2D eigenvalue weighted by molar-refractivity contribution is -0.140. The number of benzene rings is 1. The van der Waals surface area contributed by atoms with Gasteiger partial charge in [0.15, 0.2) is 0 Å². The maximum Gasteiger partial charge on any atom is 0.295 e. The number of rotatable bonds is 4. The Balaban J connectivity index is 1.86. The second-order valence-corrected chi connectivity index (χ2v) is 6.57. The van der Waals surface area contributed by atoms with Gasteiger partial charge in [-0.2, -0.15) is 0 Å². The topological polar surface area (TPSA) is 83.4 Å². The number of Topliss-reactive ketones (excluding diaryl/α,β-unsaturated/α-hetero) is 1. The lowest BCUT2D eigenvalue weighted by Crippen LogP contribution is -2.29. The van der Waals surface area contributed by atoms with Gasteiger partial charge in [0.1, 0.15) is 11.6 Å². The summed E-state index contributed by atoms with van der Waals surface area (Å²) in [4.78, 5) is 34.9. The molecule has 1 aromatic carbocycles. The summed E-state index contributed by atoms with van der Waals surface area (Å²) >= 11 is 0. The Labute approximate surface area is 166 Å². The fraction of sp³-hybridized carbons (Fsp3) is 0.0909. The molecule has 1 atom stereocenters. The summed E-state index contributed by atoms with van der Waals surface area (Å²) in [7, 11) is 0. The van der Waals surface area contributed by atoms with Crippen LogP contribution in [0.1, 0.15) is 22.7 Å². The summed E-state index contributed by atoms with van der Waals surface area (Å²) in [5.41, 5.74) is 1.63. The summed E-state index contributed by atoms with van der Waals surface area (Å²) in [6.45, 7) is 0.141. The second-order valence-electron chi connectivity index (χ2n) is 6.57. The molecule has 1 N–H and O–H groups in total. The molecule has 4 rings (SSSR count). The first kappa shape index (κ1) is 18.5. The fourth-order valence-electron chi connectivity index (χ4n) is 3.38. The molecule has 1 fully saturated rings. The van der Waals surface area contributed by atoms with E-state index in [0.29, 0.717) is 11.1 Å². The molecule has 2 aromatic heterocycles. The largest absolute Gasteiger partial charge is 0.507 e. The molecule has 0 bridgehead atoms. The van der Waals surface area contributed by atoms with E-state index in [1.165, 1.54) is 41.6 Å². The Hall–Kier alpha value is -3.87. The van der Waals surface area contributed by atoms with Gasteiger partial charge in [0.25, 0.3) is 11.7 Å². The van der Waals surface area contributed by atoms with Gasteiger partial charge < -0.3 is 10.0 Å². The maximum atomic E-state index is 13.5. The minimum absolute atomic E-state index is 0.0399. The third kappa shape index (κ3) is 3.50. The van der Waals surface area contributed by atoms with E-state index in [0.717, 1.165) is 5.56 Å². The van der Waals surface area contributed by atoms with E-state index in [1.54, 1.807) is 36.7 Å². The first-order chi connectivity index (χ1) is 14.1. The molecule has 1 aliphatic heterocycles. The Kier molecular flexibility index (Phi) is 4.87. The summed E-state index contributed by atoms with van der Waals surface area (Å²) in [6.07, 6.45) is 6.15. The number of ketones is 1. The average Bonchev–Trinajstić information content (AvgIpc) is 3.00. The number of aromatic nitrogens is 2. The zero-order valence-electron chi connectivity index (χ0n) is 15.2. The van der Waals surface area contributed by atoms with Gasteiger partial charge in [0.2, 0.25) is 0 Å². The highest BCUT2D eigenvalue weighted by Crippen LogP contribution is 2.40. The molecular weight excluding hydrogens is 373 g/mol. The van der Waals surface area contributed by atoms with Crippen molar-refractivity contribution in [3.63, 3.8) is 0 Å². The van der Waals surface area contributed by atoms with Gasteiger partial charge in [-0.1, -0.05) is 12.1 Å². The molecule has 1 saturated heterocycles. The number of nitrogens with zero attached hydrogens (tertiary/aromatic N) is 3. The molecule has 3 aromatic rings. The van der Waals surface area contributed by atoms with Crippen LogP contribution in [0.15, 0.2) is 78.9 Å². The molecule has 1 aliphatic rings. The van der Waals surface area contributed by atoms with Crippen molar-refractivity contribution < 1.29 is 19.1 Å². The fourth-order valence-corrected chi connectivity index (χ4v) is 3.38. The van der Waals surface area contributed by atoms with Crippen molar-refractivity contribution in [3.05, 3.63) is 101 Å². The predicted octanol–water partition coefficient (Wildman–Crippen LogP) is 3.24. The van der Waals surface area contributed by atoms with Crippen molar-refractivity contribution in [2.45, 2.75) is 12.6 Å². The molecule has 1 unspecified atom stereocenters.